The number of carbonyl (C=O) groups is 2. The van der Waals surface area contributed by atoms with E-state index in [1.807, 2.05) is 0 Å². The minimum Gasteiger partial charge on any atom is -0.452 e. The lowest BCUT2D eigenvalue weighted by Crippen LogP contribution is -2.44. The monoisotopic (exact) mass is 458 g/mol. The Labute approximate surface area is 176 Å². The smallest absolute Gasteiger partial charge is 0.309 e. The van der Waals surface area contributed by atoms with Gasteiger partial charge in [-0.05, 0) is 38.3 Å². The predicted molar refractivity (Wildman–Crippen MR) is 109 cm³/mol. The summed E-state index contributed by atoms with van der Waals surface area (Å²) >= 11 is 0. The average molecular weight is 459 g/mol. The van der Waals surface area contributed by atoms with Gasteiger partial charge in [-0.25, -0.2) is 16.8 Å². The third-order valence-electron chi connectivity index (χ3n) is 5.41. The van der Waals surface area contributed by atoms with Crippen LogP contribution in [0.4, 0.5) is 0 Å². The van der Waals surface area contributed by atoms with E-state index >= 15 is 0 Å². The molecule has 30 heavy (non-hydrogen) atoms. The number of piperidine rings is 1. The number of sulfone groups is 1. The minimum atomic E-state index is -3.60. The first-order valence-electron chi connectivity index (χ1n) is 9.85. The summed E-state index contributed by atoms with van der Waals surface area (Å²) in [6.07, 6.45) is -0.0876. The number of carbonyl (C=O) groups excluding carboxylic acids is 2. The molecule has 0 spiro atoms. The Morgan fingerprint density at radius 2 is 1.77 bits per heavy atom. The molecule has 0 bridgehead atoms. The van der Waals surface area contributed by atoms with Gasteiger partial charge < -0.3 is 10.1 Å². The van der Waals surface area contributed by atoms with Crippen LogP contribution in [0.15, 0.2) is 35.2 Å². The van der Waals surface area contributed by atoms with Crippen LogP contribution >= 0.6 is 0 Å². The number of nitrogens with one attached hydrogen (secondary N) is 1. The van der Waals surface area contributed by atoms with Crippen molar-refractivity contribution in [1.82, 2.24) is 9.62 Å². The van der Waals surface area contributed by atoms with E-state index < -0.39 is 49.8 Å². The quantitative estimate of drug-likeness (QED) is 0.608. The summed E-state index contributed by atoms with van der Waals surface area (Å²) in [6, 6.07) is 7.66. The Morgan fingerprint density at radius 1 is 1.13 bits per heavy atom. The van der Waals surface area contributed by atoms with Gasteiger partial charge in [-0.1, -0.05) is 18.2 Å². The molecule has 2 aliphatic rings. The molecule has 2 saturated heterocycles. The first-order valence-corrected chi connectivity index (χ1v) is 13.1. The molecule has 11 heteroatoms. The van der Waals surface area contributed by atoms with Crippen LogP contribution in [0.25, 0.3) is 0 Å². The second kappa shape index (κ2) is 9.03. The molecule has 1 N–H and O–H groups in total. The fourth-order valence-electron chi connectivity index (χ4n) is 3.62. The second-order valence-corrected chi connectivity index (χ2v) is 11.8. The van der Waals surface area contributed by atoms with Gasteiger partial charge in [-0.2, -0.15) is 4.31 Å². The highest BCUT2D eigenvalue weighted by molar-refractivity contribution is 7.91. The summed E-state index contributed by atoms with van der Waals surface area (Å²) in [7, 11) is -6.72. The number of ether oxygens (including phenoxy) is 1. The van der Waals surface area contributed by atoms with Crippen molar-refractivity contribution in [1.29, 1.82) is 0 Å². The van der Waals surface area contributed by atoms with Crippen LogP contribution in [0.1, 0.15) is 26.2 Å². The SMILES string of the molecule is C[C@@H](OC(=O)C1CCN(S(=O)(=O)c2ccccc2)CC1)C(=O)N[C@@H]1CCS(=O)(=O)C1. The maximum absolute atomic E-state index is 12.7. The zero-order chi connectivity index (χ0) is 21.9. The van der Waals surface area contributed by atoms with Gasteiger partial charge in [-0.3, -0.25) is 9.59 Å². The van der Waals surface area contributed by atoms with Gasteiger partial charge in [0.2, 0.25) is 10.0 Å². The highest BCUT2D eigenvalue weighted by Gasteiger charge is 2.35. The normalized spacial score (nSPS) is 23.6. The largest absolute Gasteiger partial charge is 0.452 e. The summed E-state index contributed by atoms with van der Waals surface area (Å²) in [5.41, 5.74) is 0. The maximum Gasteiger partial charge on any atom is 0.309 e. The Bertz CT molecular complexity index is 985. The predicted octanol–water partition coefficient (Wildman–Crippen LogP) is 0.322. The molecule has 0 unspecified atom stereocenters. The standard InChI is InChI=1S/C19H26N2O7S2/c1-14(18(22)20-16-9-12-29(24,25)13-16)28-19(23)15-7-10-21(11-8-15)30(26,27)17-5-3-2-4-6-17/h2-6,14-16H,7-13H2,1H3,(H,20,22)/t14-,16-/m1/s1. The van der Waals surface area contributed by atoms with Gasteiger partial charge in [0, 0.05) is 19.1 Å². The van der Waals surface area contributed by atoms with Gasteiger partial charge in [0.15, 0.2) is 15.9 Å². The van der Waals surface area contributed by atoms with Crippen LogP contribution in [-0.2, 0) is 34.2 Å². The molecule has 1 amide bonds. The van der Waals surface area contributed by atoms with Crippen molar-refractivity contribution >= 4 is 31.7 Å². The molecule has 9 nitrogen and oxygen atoms in total. The number of nitrogens with zero attached hydrogens (tertiary/aromatic N) is 1. The van der Waals surface area contributed by atoms with E-state index in [1.165, 1.54) is 23.4 Å². The number of sulfonamides is 1. The van der Waals surface area contributed by atoms with Gasteiger partial charge in [0.1, 0.15) is 0 Å². The molecule has 0 saturated carbocycles. The van der Waals surface area contributed by atoms with Crippen LogP contribution in [-0.4, -0.2) is 69.8 Å². The van der Waals surface area contributed by atoms with E-state index in [1.54, 1.807) is 18.2 Å². The Hall–Kier alpha value is -1.98. The van der Waals surface area contributed by atoms with Gasteiger partial charge in [0.05, 0.1) is 22.3 Å². The third-order valence-corrected chi connectivity index (χ3v) is 9.09. The molecule has 0 aliphatic carbocycles. The van der Waals surface area contributed by atoms with E-state index in [0.29, 0.717) is 19.3 Å². The molecule has 3 rings (SSSR count). The van der Waals surface area contributed by atoms with Gasteiger partial charge in [-0.15, -0.1) is 0 Å². The summed E-state index contributed by atoms with van der Waals surface area (Å²) in [5.74, 6) is -1.64. The lowest BCUT2D eigenvalue weighted by molar-refractivity contribution is -0.160. The molecular formula is C19H26N2O7S2. The maximum atomic E-state index is 12.7. The van der Waals surface area contributed by atoms with E-state index in [2.05, 4.69) is 5.32 Å². The van der Waals surface area contributed by atoms with Gasteiger partial charge >= 0.3 is 5.97 Å². The number of hydrogen-bond acceptors (Lipinski definition) is 7. The summed E-state index contributed by atoms with van der Waals surface area (Å²) in [5, 5.41) is 2.60. The summed E-state index contributed by atoms with van der Waals surface area (Å²) < 4.78 is 54.9. The average Bonchev–Trinajstić information content (AvgIpc) is 3.06. The first kappa shape index (κ1) is 22.7. The highest BCUT2D eigenvalue weighted by atomic mass is 32.2. The Balaban J connectivity index is 1.48. The zero-order valence-corrected chi connectivity index (χ0v) is 18.3. The van der Waals surface area contributed by atoms with Crippen molar-refractivity contribution in [2.24, 2.45) is 5.92 Å². The molecule has 1 aromatic carbocycles. The van der Waals surface area contributed by atoms with Crippen molar-refractivity contribution in [3.05, 3.63) is 30.3 Å². The third kappa shape index (κ3) is 5.38. The summed E-state index contributed by atoms with van der Waals surface area (Å²) in [4.78, 5) is 24.8. The van der Waals surface area contributed by atoms with Crippen molar-refractivity contribution in [2.45, 2.75) is 43.2 Å². The number of esters is 1. The van der Waals surface area contributed by atoms with Crippen molar-refractivity contribution in [3.63, 3.8) is 0 Å². The molecule has 0 aromatic heterocycles. The Morgan fingerprint density at radius 3 is 2.33 bits per heavy atom. The van der Waals surface area contributed by atoms with E-state index in [9.17, 15) is 26.4 Å². The van der Waals surface area contributed by atoms with Crippen LogP contribution in [0.3, 0.4) is 0 Å². The second-order valence-electron chi connectivity index (χ2n) is 7.68. The van der Waals surface area contributed by atoms with E-state index in [-0.39, 0.29) is 29.5 Å². The lowest BCUT2D eigenvalue weighted by atomic mass is 9.98. The molecule has 2 heterocycles. The molecule has 2 fully saturated rings. The summed E-state index contributed by atoms with van der Waals surface area (Å²) in [6.45, 7) is 1.82. The van der Waals surface area contributed by atoms with Crippen LogP contribution in [0.2, 0.25) is 0 Å². The van der Waals surface area contributed by atoms with Crippen LogP contribution in [0, 0.1) is 5.92 Å². The zero-order valence-electron chi connectivity index (χ0n) is 16.7. The molecule has 2 aliphatic heterocycles. The van der Waals surface area contributed by atoms with E-state index in [4.69, 9.17) is 4.74 Å². The van der Waals surface area contributed by atoms with Crippen LogP contribution < -0.4 is 5.32 Å². The van der Waals surface area contributed by atoms with Crippen molar-refractivity contribution < 1.29 is 31.2 Å². The fourth-order valence-corrected chi connectivity index (χ4v) is 6.79. The molecule has 1 aromatic rings. The van der Waals surface area contributed by atoms with Crippen molar-refractivity contribution in [3.8, 4) is 0 Å². The molecule has 166 valence electrons. The van der Waals surface area contributed by atoms with Gasteiger partial charge in [0.25, 0.3) is 5.91 Å². The highest BCUT2D eigenvalue weighted by Crippen LogP contribution is 2.25. The van der Waals surface area contributed by atoms with Crippen LogP contribution in [0.5, 0.6) is 0 Å². The number of rotatable bonds is 6. The minimum absolute atomic E-state index is 0.0383. The topological polar surface area (TPSA) is 127 Å². The number of hydrogen-bond donors (Lipinski definition) is 1. The van der Waals surface area contributed by atoms with E-state index in [0.717, 1.165) is 0 Å². The lowest BCUT2D eigenvalue weighted by Gasteiger charge is -2.30. The number of amides is 1. The Kier molecular flexibility index (Phi) is 6.83. The number of benzene rings is 1. The first-order chi connectivity index (χ1) is 14.1. The molecule has 2 atom stereocenters. The molecular weight excluding hydrogens is 432 g/mol. The molecule has 0 radical (unpaired) electrons. The fraction of sp³-hybridized carbons (Fsp3) is 0.579. The van der Waals surface area contributed by atoms with Crippen molar-refractivity contribution in [2.75, 3.05) is 24.6 Å².